The van der Waals surface area contributed by atoms with Crippen LogP contribution in [0.2, 0.25) is 0 Å². The van der Waals surface area contributed by atoms with E-state index in [2.05, 4.69) is 6.92 Å². The van der Waals surface area contributed by atoms with Crippen LogP contribution in [0.3, 0.4) is 0 Å². The van der Waals surface area contributed by atoms with E-state index in [-0.39, 0.29) is 5.75 Å². The third-order valence-electron chi connectivity index (χ3n) is 2.33. The fourth-order valence-corrected chi connectivity index (χ4v) is 3.18. The molecule has 1 aromatic rings. The number of sulfone groups is 1. The Morgan fingerprint density at radius 1 is 1.27 bits per heavy atom. The maximum absolute atomic E-state index is 11.9. The molecule has 0 aromatic heterocycles. The van der Waals surface area contributed by atoms with Gasteiger partial charge in [-0.1, -0.05) is 31.0 Å². The topological polar surface area (TPSA) is 34.1 Å². The third-order valence-corrected chi connectivity index (χ3v) is 4.28. The molecule has 0 saturated carbocycles. The van der Waals surface area contributed by atoms with Gasteiger partial charge in [0.25, 0.3) is 0 Å². The first-order chi connectivity index (χ1) is 6.97. The molecular formula is C12H17O2S. The second-order valence-corrected chi connectivity index (χ2v) is 5.87. The zero-order valence-electron chi connectivity index (χ0n) is 9.29. The molecule has 1 rings (SSSR count). The summed E-state index contributed by atoms with van der Waals surface area (Å²) in [5.74, 6) is 0.195. The number of benzene rings is 1. The highest BCUT2D eigenvalue weighted by molar-refractivity contribution is 7.91. The highest BCUT2D eigenvalue weighted by atomic mass is 32.2. The van der Waals surface area contributed by atoms with E-state index in [0.29, 0.717) is 17.7 Å². The number of rotatable bonds is 4. The molecule has 0 spiro atoms. The Hall–Kier alpha value is -0.830. The lowest BCUT2D eigenvalue weighted by Gasteiger charge is -2.07. The summed E-state index contributed by atoms with van der Waals surface area (Å²) in [6, 6.07) is 5.43. The molecule has 0 aliphatic carbocycles. The number of hydrogen-bond acceptors (Lipinski definition) is 2. The summed E-state index contributed by atoms with van der Waals surface area (Å²) in [7, 11) is -3.11. The van der Waals surface area contributed by atoms with E-state index in [1.807, 2.05) is 26.0 Å². The van der Waals surface area contributed by atoms with Gasteiger partial charge in [0.2, 0.25) is 0 Å². The Bertz CT molecular complexity index is 433. The fraction of sp³-hybridized carbons (Fsp3) is 0.417. The molecule has 83 valence electrons. The molecule has 0 bridgehead atoms. The number of unbranched alkanes of at least 4 members (excludes halogenated alkanes) is 1. The molecule has 3 heteroatoms. The average Bonchev–Trinajstić information content (AvgIpc) is 2.14. The highest BCUT2D eigenvalue weighted by Crippen LogP contribution is 2.18. The van der Waals surface area contributed by atoms with Crippen molar-refractivity contribution in [1.29, 1.82) is 0 Å². The summed E-state index contributed by atoms with van der Waals surface area (Å²) in [5, 5.41) is 0. The Labute approximate surface area is 92.2 Å². The van der Waals surface area contributed by atoms with Gasteiger partial charge in [0.1, 0.15) is 0 Å². The van der Waals surface area contributed by atoms with Gasteiger partial charge in [0, 0.05) is 0 Å². The molecule has 0 aliphatic rings. The van der Waals surface area contributed by atoms with Gasteiger partial charge >= 0.3 is 0 Å². The maximum atomic E-state index is 11.9. The lowest BCUT2D eigenvalue weighted by molar-refractivity contribution is 0.593. The van der Waals surface area contributed by atoms with Crippen molar-refractivity contribution >= 4 is 9.84 Å². The minimum absolute atomic E-state index is 0.195. The van der Waals surface area contributed by atoms with Crippen LogP contribution in [-0.2, 0) is 9.84 Å². The molecule has 0 unspecified atom stereocenters. The van der Waals surface area contributed by atoms with Crippen LogP contribution in [0.5, 0.6) is 0 Å². The van der Waals surface area contributed by atoms with Crippen LogP contribution < -0.4 is 0 Å². The van der Waals surface area contributed by atoms with Crippen LogP contribution in [-0.4, -0.2) is 14.2 Å². The molecule has 15 heavy (non-hydrogen) atoms. The Morgan fingerprint density at radius 3 is 2.47 bits per heavy atom. The number of aryl methyl sites for hydroxylation is 2. The van der Waals surface area contributed by atoms with E-state index < -0.39 is 9.84 Å². The molecule has 0 fully saturated rings. The van der Waals surface area contributed by atoms with Crippen LogP contribution in [0.1, 0.15) is 24.0 Å². The van der Waals surface area contributed by atoms with Crippen molar-refractivity contribution in [1.82, 2.24) is 0 Å². The van der Waals surface area contributed by atoms with Crippen LogP contribution in [0.4, 0.5) is 0 Å². The monoisotopic (exact) mass is 225 g/mol. The van der Waals surface area contributed by atoms with Gasteiger partial charge in [-0.2, -0.15) is 0 Å². The summed E-state index contributed by atoms with van der Waals surface area (Å²) in [6.07, 6.45) is 1.28. The molecule has 2 nitrogen and oxygen atoms in total. The first kappa shape index (κ1) is 12.2. The van der Waals surface area contributed by atoms with E-state index in [0.717, 1.165) is 11.1 Å². The minimum atomic E-state index is -3.11. The standard InChI is InChI=1S/C12H17O2S/c1-4-5-8-15(13,14)12-7-6-10(2)9-11(12)3/h6-7,9H,1,4-5,8H2,2-3H3. The number of hydrogen-bond donors (Lipinski definition) is 0. The summed E-state index contributed by atoms with van der Waals surface area (Å²) in [4.78, 5) is 0.460. The third kappa shape index (κ3) is 3.06. The molecule has 0 saturated heterocycles. The smallest absolute Gasteiger partial charge is 0.178 e. The van der Waals surface area contributed by atoms with Gasteiger partial charge in [-0.25, -0.2) is 8.42 Å². The molecule has 0 heterocycles. The summed E-state index contributed by atoms with van der Waals surface area (Å²) >= 11 is 0. The van der Waals surface area contributed by atoms with Crippen molar-refractivity contribution in [3.8, 4) is 0 Å². The summed E-state index contributed by atoms with van der Waals surface area (Å²) in [6.45, 7) is 7.45. The summed E-state index contributed by atoms with van der Waals surface area (Å²) in [5.41, 5.74) is 1.92. The Kier molecular flexibility index (Phi) is 3.91. The molecular weight excluding hydrogens is 208 g/mol. The predicted molar refractivity (Wildman–Crippen MR) is 62.6 cm³/mol. The Morgan fingerprint density at radius 2 is 1.93 bits per heavy atom. The molecule has 1 aromatic carbocycles. The Balaban J connectivity index is 3.05. The second kappa shape index (κ2) is 4.79. The van der Waals surface area contributed by atoms with Crippen LogP contribution in [0.15, 0.2) is 23.1 Å². The van der Waals surface area contributed by atoms with Crippen molar-refractivity contribution in [2.24, 2.45) is 0 Å². The van der Waals surface area contributed by atoms with E-state index in [1.54, 1.807) is 6.07 Å². The van der Waals surface area contributed by atoms with Crippen LogP contribution >= 0.6 is 0 Å². The van der Waals surface area contributed by atoms with Gasteiger partial charge in [-0.3, -0.25) is 0 Å². The fourth-order valence-electron chi connectivity index (χ4n) is 1.55. The first-order valence-corrected chi connectivity index (χ1v) is 6.72. The minimum Gasteiger partial charge on any atom is -0.224 e. The van der Waals surface area contributed by atoms with E-state index in [9.17, 15) is 8.42 Å². The largest absolute Gasteiger partial charge is 0.224 e. The van der Waals surface area contributed by atoms with Crippen molar-refractivity contribution < 1.29 is 8.42 Å². The molecule has 0 amide bonds. The maximum Gasteiger partial charge on any atom is 0.178 e. The second-order valence-electron chi connectivity index (χ2n) is 3.79. The van der Waals surface area contributed by atoms with Crippen molar-refractivity contribution in [3.63, 3.8) is 0 Å². The lowest BCUT2D eigenvalue weighted by Crippen LogP contribution is -2.08. The van der Waals surface area contributed by atoms with Crippen LogP contribution in [0, 0.1) is 20.8 Å². The predicted octanol–water partition coefficient (Wildman–Crippen LogP) is 2.69. The SMILES string of the molecule is [CH2]CCCS(=O)(=O)c1ccc(C)cc1C. The van der Waals surface area contributed by atoms with E-state index in [1.165, 1.54) is 0 Å². The van der Waals surface area contributed by atoms with Crippen LogP contribution in [0.25, 0.3) is 0 Å². The molecule has 0 aliphatic heterocycles. The van der Waals surface area contributed by atoms with Gasteiger partial charge in [-0.15, -0.1) is 0 Å². The normalized spacial score (nSPS) is 11.7. The molecule has 1 radical (unpaired) electrons. The zero-order chi connectivity index (χ0) is 11.5. The average molecular weight is 225 g/mol. The van der Waals surface area contributed by atoms with Gasteiger partial charge in [0.05, 0.1) is 10.6 Å². The highest BCUT2D eigenvalue weighted by Gasteiger charge is 2.15. The quantitative estimate of drug-likeness (QED) is 0.789. The van der Waals surface area contributed by atoms with E-state index >= 15 is 0 Å². The van der Waals surface area contributed by atoms with Gasteiger partial charge < -0.3 is 0 Å². The lowest BCUT2D eigenvalue weighted by atomic mass is 10.2. The van der Waals surface area contributed by atoms with Gasteiger partial charge in [0.15, 0.2) is 9.84 Å². The van der Waals surface area contributed by atoms with Gasteiger partial charge in [-0.05, 0) is 31.9 Å². The van der Waals surface area contributed by atoms with Crippen molar-refractivity contribution in [2.45, 2.75) is 31.6 Å². The zero-order valence-corrected chi connectivity index (χ0v) is 10.1. The van der Waals surface area contributed by atoms with Crippen molar-refractivity contribution in [3.05, 3.63) is 36.2 Å². The van der Waals surface area contributed by atoms with Crippen molar-refractivity contribution in [2.75, 3.05) is 5.75 Å². The summed E-state index contributed by atoms with van der Waals surface area (Å²) < 4.78 is 23.8. The van der Waals surface area contributed by atoms with E-state index in [4.69, 9.17) is 0 Å². The molecule has 0 atom stereocenters. The molecule has 0 N–H and O–H groups in total. The first-order valence-electron chi connectivity index (χ1n) is 5.06.